The Morgan fingerprint density at radius 3 is 1.67 bits per heavy atom. The van der Waals surface area contributed by atoms with Crippen molar-refractivity contribution in [3.63, 3.8) is 0 Å². The second-order valence-corrected chi connectivity index (χ2v) is 15.2. The van der Waals surface area contributed by atoms with Crippen LogP contribution in [0.1, 0.15) is 94.9 Å². The lowest BCUT2D eigenvalue weighted by Crippen LogP contribution is -2.26. The first-order valence-corrected chi connectivity index (χ1v) is 20.8. The number of halogens is 2. The molecule has 0 saturated carbocycles. The zero-order valence-corrected chi connectivity index (χ0v) is 34.9. The highest BCUT2D eigenvalue weighted by Gasteiger charge is 2.29. The Bertz CT molecular complexity index is 1930. The van der Waals surface area contributed by atoms with Gasteiger partial charge >= 0.3 is 0 Å². The monoisotopic (exact) mass is 833 g/mol. The van der Waals surface area contributed by atoms with Crippen LogP contribution in [-0.4, -0.2) is 87.4 Å². The summed E-state index contributed by atoms with van der Waals surface area (Å²) in [7, 11) is 7.64. The highest BCUT2D eigenvalue weighted by atomic mass is 19.1. The molecule has 9 rings (SSSR count). The molecule has 5 heterocycles. The van der Waals surface area contributed by atoms with Crippen LogP contribution in [0.5, 0.6) is 5.75 Å². The van der Waals surface area contributed by atoms with Gasteiger partial charge in [0.25, 0.3) is 0 Å². The Morgan fingerprint density at radius 1 is 0.500 bits per heavy atom. The molecule has 9 nitrogen and oxygen atoms in total. The van der Waals surface area contributed by atoms with Crippen molar-refractivity contribution in [2.75, 3.05) is 87.4 Å². The molecular weight excluding hydrogens is 763 g/mol. The van der Waals surface area contributed by atoms with E-state index in [4.69, 9.17) is 23.7 Å². The van der Waals surface area contributed by atoms with Crippen molar-refractivity contribution < 1.29 is 32.5 Å². The number of benzene rings is 4. The first-order chi connectivity index (χ1) is 28.4. The minimum absolute atomic E-state index is 0. The lowest BCUT2D eigenvalue weighted by Gasteiger charge is -2.27. The maximum atomic E-state index is 13.5. The van der Waals surface area contributed by atoms with Crippen LogP contribution in [0.15, 0.2) is 66.7 Å². The lowest BCUT2D eigenvalue weighted by atomic mass is 9.93. The van der Waals surface area contributed by atoms with Gasteiger partial charge < -0.3 is 45.0 Å². The van der Waals surface area contributed by atoms with Gasteiger partial charge in [0.05, 0.1) is 57.5 Å². The third kappa shape index (κ3) is 12.2. The Labute approximate surface area is 358 Å². The number of ether oxygens (including phenoxy) is 5. The molecule has 4 aromatic carbocycles. The van der Waals surface area contributed by atoms with Crippen LogP contribution in [0.2, 0.25) is 0 Å². The first-order valence-electron chi connectivity index (χ1n) is 20.8. The molecule has 5 aliphatic rings. The fourth-order valence-corrected chi connectivity index (χ4v) is 8.44. The van der Waals surface area contributed by atoms with E-state index in [1.165, 1.54) is 45.5 Å². The number of hydrogen-bond donors (Lipinski definition) is 4. The molecule has 4 N–H and O–H groups in total. The summed E-state index contributed by atoms with van der Waals surface area (Å²) in [6, 6.07) is 21.5. The van der Waals surface area contributed by atoms with Gasteiger partial charge in [-0.05, 0) is 112 Å². The smallest absolute Gasteiger partial charge is 0.129 e. The van der Waals surface area contributed by atoms with E-state index in [9.17, 15) is 8.78 Å². The van der Waals surface area contributed by atoms with Gasteiger partial charge in [0, 0.05) is 43.7 Å². The van der Waals surface area contributed by atoms with Gasteiger partial charge in [-0.2, -0.15) is 0 Å². The van der Waals surface area contributed by atoms with E-state index >= 15 is 0 Å². The van der Waals surface area contributed by atoms with Crippen molar-refractivity contribution in [1.82, 2.24) is 21.3 Å². The van der Waals surface area contributed by atoms with Crippen LogP contribution < -0.4 is 26.0 Å². The lowest BCUT2D eigenvalue weighted by molar-refractivity contribution is 0.0410. The van der Waals surface area contributed by atoms with E-state index in [1.54, 1.807) is 12.1 Å². The number of nitrogens with one attached hydrogen (secondary N) is 4. The summed E-state index contributed by atoms with van der Waals surface area (Å²) in [5.74, 6) is 0.840. The third-order valence-corrected chi connectivity index (χ3v) is 11.2. The Balaban J connectivity index is 0.000000175. The summed E-state index contributed by atoms with van der Waals surface area (Å²) in [5, 5.41) is 12.4. The van der Waals surface area contributed by atoms with E-state index in [1.807, 2.05) is 40.3 Å². The fourth-order valence-electron chi connectivity index (χ4n) is 8.44. The third-order valence-electron chi connectivity index (χ3n) is 11.2. The molecule has 5 aliphatic heterocycles. The van der Waals surface area contributed by atoms with E-state index < -0.39 is 0 Å². The van der Waals surface area contributed by atoms with E-state index in [0.29, 0.717) is 26.2 Å². The molecule has 4 aromatic rings. The van der Waals surface area contributed by atoms with Gasteiger partial charge in [0.15, 0.2) is 0 Å². The van der Waals surface area contributed by atoms with Gasteiger partial charge in [-0.25, -0.2) is 8.78 Å². The number of aryl methyl sites for hydroxylation is 1. The molecular formula is C49H70F2N4O5. The summed E-state index contributed by atoms with van der Waals surface area (Å²) < 4.78 is 55.4. The molecule has 0 fully saturated rings. The summed E-state index contributed by atoms with van der Waals surface area (Å²) in [5.41, 5.74) is 11.8. The van der Waals surface area contributed by atoms with Gasteiger partial charge in [0.1, 0.15) is 17.4 Å². The highest BCUT2D eigenvalue weighted by molar-refractivity contribution is 5.51. The van der Waals surface area contributed by atoms with E-state index in [0.717, 1.165) is 93.1 Å². The molecule has 4 unspecified atom stereocenters. The maximum Gasteiger partial charge on any atom is 0.129 e. The second kappa shape index (κ2) is 24.6. The Morgan fingerprint density at radius 2 is 1.00 bits per heavy atom. The topological polar surface area (TPSA) is 94.3 Å². The van der Waals surface area contributed by atoms with Crippen molar-refractivity contribution in [3.8, 4) is 5.75 Å². The average molecular weight is 833 g/mol. The Kier molecular flexibility index (Phi) is 20.0. The van der Waals surface area contributed by atoms with Crippen LogP contribution in [0.4, 0.5) is 8.78 Å². The predicted octanol–water partition coefficient (Wildman–Crippen LogP) is 7.87. The van der Waals surface area contributed by atoms with Crippen LogP contribution in [0, 0.1) is 18.6 Å². The summed E-state index contributed by atoms with van der Waals surface area (Å²) in [6.07, 6.45) is 4.85. The second-order valence-electron chi connectivity index (χ2n) is 15.2. The molecule has 0 radical (unpaired) electrons. The minimum atomic E-state index is -0.151. The molecule has 11 heteroatoms. The predicted molar refractivity (Wildman–Crippen MR) is 238 cm³/mol. The number of fused-ring (bicyclic) bond motifs is 6. The molecule has 0 bridgehead atoms. The normalized spacial score (nSPS) is 20.4. The van der Waals surface area contributed by atoms with Crippen molar-refractivity contribution in [3.05, 3.63) is 134 Å². The molecule has 0 amide bonds. The quantitative estimate of drug-likeness (QED) is 0.142. The summed E-state index contributed by atoms with van der Waals surface area (Å²) >= 11 is 0. The largest absolute Gasteiger partial charge is 0.493 e. The van der Waals surface area contributed by atoms with Crippen molar-refractivity contribution >= 4 is 0 Å². The van der Waals surface area contributed by atoms with Gasteiger partial charge in [-0.1, -0.05) is 75.0 Å². The van der Waals surface area contributed by atoms with E-state index in [2.05, 4.69) is 58.5 Å². The van der Waals surface area contributed by atoms with Crippen molar-refractivity contribution in [2.45, 2.75) is 78.3 Å². The first kappa shape index (κ1) is 48.9. The maximum absolute atomic E-state index is 13.5. The molecule has 330 valence electrons. The molecule has 0 aliphatic carbocycles. The van der Waals surface area contributed by atoms with Crippen molar-refractivity contribution in [1.29, 1.82) is 0 Å². The Hall–Kier alpha value is -3.78. The molecule has 0 aromatic heterocycles. The molecule has 4 atom stereocenters. The molecule has 60 heavy (non-hydrogen) atoms. The SMILES string of the molecule is C.C.CNCC1OCCc2c(F)cccc21.CNCC1OCCc2cc(C)ccc21.CNCC1OCCc2ccc3c(c21)OCC3.CNCC1OCCc2cccc(F)c21. The van der Waals surface area contributed by atoms with Crippen LogP contribution in [0.25, 0.3) is 0 Å². The van der Waals surface area contributed by atoms with Crippen LogP contribution in [-0.2, 0) is 51.1 Å². The summed E-state index contributed by atoms with van der Waals surface area (Å²) in [6.45, 7) is 9.07. The van der Waals surface area contributed by atoms with Crippen molar-refractivity contribution in [2.24, 2.45) is 0 Å². The average Bonchev–Trinajstić information content (AvgIpc) is 3.72. The van der Waals surface area contributed by atoms with Crippen LogP contribution >= 0.6 is 0 Å². The highest BCUT2D eigenvalue weighted by Crippen LogP contribution is 2.40. The van der Waals surface area contributed by atoms with Crippen LogP contribution in [0.3, 0.4) is 0 Å². The zero-order valence-electron chi connectivity index (χ0n) is 34.9. The number of likely N-dealkylation sites (N-methyl/N-ethyl adjacent to an activating group) is 4. The molecule has 0 saturated heterocycles. The fraction of sp³-hybridized carbons (Fsp3) is 0.510. The summed E-state index contributed by atoms with van der Waals surface area (Å²) in [4.78, 5) is 0. The standard InChI is InChI=1S/C13H17NO2.C12H17NO.2C11H14FNO.2CH4/c1-14-8-11-12-9(4-6-15-11)2-3-10-5-7-16-13(10)12;1-9-3-4-11-10(7-9)5-6-14-12(11)8-13-2;1-13-7-11-9-3-2-4-10(12)8(9)5-6-14-11;1-13-7-10-11-8(5-6-14-10)3-2-4-9(11)12;;/h2-3,11,14H,4-8H2,1H3;3-4,7,12-13H,5-6,8H2,1-2H3;2-4,11,13H,5-7H2,1H3;2-4,10,13H,5-7H2,1H3;2*1H4. The number of rotatable bonds is 8. The van der Waals surface area contributed by atoms with Gasteiger partial charge in [0.2, 0.25) is 0 Å². The minimum Gasteiger partial charge on any atom is -0.493 e. The van der Waals surface area contributed by atoms with Gasteiger partial charge in [-0.3, -0.25) is 0 Å². The van der Waals surface area contributed by atoms with E-state index in [-0.39, 0.29) is 50.9 Å². The number of hydrogen-bond acceptors (Lipinski definition) is 9. The molecule has 0 spiro atoms. The van der Waals surface area contributed by atoms with Gasteiger partial charge in [-0.15, -0.1) is 0 Å². The zero-order chi connectivity index (χ0) is 40.9.